The summed E-state index contributed by atoms with van der Waals surface area (Å²) in [6.07, 6.45) is -4.24. The van der Waals surface area contributed by atoms with Gasteiger partial charge in [-0.2, -0.15) is 13.2 Å². The van der Waals surface area contributed by atoms with E-state index in [4.69, 9.17) is 5.73 Å². The summed E-state index contributed by atoms with van der Waals surface area (Å²) in [5.74, 6) is -1.06. The molecule has 0 aromatic heterocycles. The molecule has 0 radical (unpaired) electrons. The van der Waals surface area contributed by atoms with Crippen LogP contribution in [0.15, 0.2) is 18.2 Å². The molecule has 0 aliphatic rings. The molecule has 0 saturated carbocycles. The van der Waals surface area contributed by atoms with Crippen molar-refractivity contribution in [2.75, 3.05) is 0 Å². The van der Waals surface area contributed by atoms with E-state index in [1.54, 1.807) is 0 Å². The lowest BCUT2D eigenvalue weighted by molar-refractivity contribution is -0.140. The molecule has 1 rings (SSSR count). The SMILES string of the molecule is CC(C)C[C@@H](N)c1cccc(C(F)(F)F)c1F. The molecule has 5 heteroatoms. The molecular formula is C12H15F4N. The first-order valence-corrected chi connectivity index (χ1v) is 5.34. The van der Waals surface area contributed by atoms with Gasteiger partial charge in [-0.1, -0.05) is 26.0 Å². The summed E-state index contributed by atoms with van der Waals surface area (Å²) in [5, 5.41) is 0. The molecule has 2 N–H and O–H groups in total. The van der Waals surface area contributed by atoms with Gasteiger partial charge in [0.25, 0.3) is 0 Å². The minimum Gasteiger partial charge on any atom is -0.324 e. The second kappa shape index (κ2) is 5.04. The molecular weight excluding hydrogens is 234 g/mol. The molecule has 0 aliphatic carbocycles. The molecule has 1 aromatic carbocycles. The first-order valence-electron chi connectivity index (χ1n) is 5.34. The van der Waals surface area contributed by atoms with Crippen molar-refractivity contribution in [3.05, 3.63) is 35.1 Å². The van der Waals surface area contributed by atoms with Crippen molar-refractivity contribution in [1.29, 1.82) is 0 Å². The molecule has 1 nitrogen and oxygen atoms in total. The van der Waals surface area contributed by atoms with Crippen LogP contribution in [0.25, 0.3) is 0 Å². The van der Waals surface area contributed by atoms with Crippen molar-refractivity contribution in [3.8, 4) is 0 Å². The molecule has 1 atom stereocenters. The Morgan fingerprint density at radius 1 is 1.24 bits per heavy atom. The van der Waals surface area contributed by atoms with Crippen molar-refractivity contribution in [2.24, 2.45) is 11.7 Å². The van der Waals surface area contributed by atoms with Gasteiger partial charge in [0.05, 0.1) is 5.56 Å². The standard InChI is InChI=1S/C12H15F4N/c1-7(2)6-10(17)8-4-3-5-9(11(8)13)12(14,15)16/h3-5,7,10H,6,17H2,1-2H3/t10-/m1/s1. The van der Waals surface area contributed by atoms with Crippen LogP contribution in [0, 0.1) is 11.7 Å². The van der Waals surface area contributed by atoms with Crippen LogP contribution in [0.5, 0.6) is 0 Å². The first kappa shape index (κ1) is 14.0. The van der Waals surface area contributed by atoms with Gasteiger partial charge in [-0.05, 0) is 18.4 Å². The van der Waals surface area contributed by atoms with Crippen molar-refractivity contribution >= 4 is 0 Å². The number of nitrogens with two attached hydrogens (primary N) is 1. The third-order valence-electron chi connectivity index (χ3n) is 2.46. The Kier molecular flexibility index (Phi) is 4.14. The largest absolute Gasteiger partial charge is 0.419 e. The first-order chi connectivity index (χ1) is 7.73. The van der Waals surface area contributed by atoms with E-state index in [0.29, 0.717) is 6.42 Å². The molecule has 0 aliphatic heterocycles. The fraction of sp³-hybridized carbons (Fsp3) is 0.500. The van der Waals surface area contributed by atoms with Crippen LogP contribution in [-0.4, -0.2) is 0 Å². The van der Waals surface area contributed by atoms with Gasteiger partial charge in [0.1, 0.15) is 5.82 Å². The predicted octanol–water partition coefficient (Wildman–Crippen LogP) is 3.89. The Morgan fingerprint density at radius 2 is 1.82 bits per heavy atom. The van der Waals surface area contributed by atoms with Crippen LogP contribution in [0.4, 0.5) is 17.6 Å². The molecule has 0 heterocycles. The summed E-state index contributed by atoms with van der Waals surface area (Å²) in [6, 6.07) is 2.50. The van der Waals surface area contributed by atoms with E-state index in [9.17, 15) is 17.6 Å². The Hall–Kier alpha value is -1.10. The van der Waals surface area contributed by atoms with Crippen LogP contribution in [-0.2, 0) is 6.18 Å². The van der Waals surface area contributed by atoms with Crippen molar-refractivity contribution in [1.82, 2.24) is 0 Å². The molecule has 0 bridgehead atoms. The van der Waals surface area contributed by atoms with Gasteiger partial charge in [-0.15, -0.1) is 0 Å². The van der Waals surface area contributed by atoms with Gasteiger partial charge in [0, 0.05) is 11.6 Å². The summed E-state index contributed by atoms with van der Waals surface area (Å²) in [4.78, 5) is 0. The average molecular weight is 249 g/mol. The maximum absolute atomic E-state index is 13.7. The maximum Gasteiger partial charge on any atom is 0.419 e. The van der Waals surface area contributed by atoms with E-state index in [0.717, 1.165) is 6.07 Å². The van der Waals surface area contributed by atoms with Crippen molar-refractivity contribution in [2.45, 2.75) is 32.5 Å². The molecule has 0 unspecified atom stereocenters. The Bertz CT molecular complexity index is 385. The highest BCUT2D eigenvalue weighted by Crippen LogP contribution is 2.34. The van der Waals surface area contributed by atoms with Crippen LogP contribution >= 0.6 is 0 Å². The predicted molar refractivity (Wildman–Crippen MR) is 57.8 cm³/mol. The summed E-state index contributed by atoms with van der Waals surface area (Å²) in [5.41, 5.74) is 4.37. The van der Waals surface area contributed by atoms with Crippen molar-refractivity contribution in [3.63, 3.8) is 0 Å². The highest BCUT2D eigenvalue weighted by Gasteiger charge is 2.35. The van der Waals surface area contributed by atoms with Gasteiger partial charge < -0.3 is 5.73 Å². The zero-order valence-corrected chi connectivity index (χ0v) is 9.68. The Balaban J connectivity index is 3.10. The second-order valence-electron chi connectivity index (χ2n) is 4.44. The van der Waals surface area contributed by atoms with E-state index in [2.05, 4.69) is 0 Å². The summed E-state index contributed by atoms with van der Waals surface area (Å²) in [6.45, 7) is 3.76. The number of hydrogen-bond donors (Lipinski definition) is 1. The van der Waals surface area contributed by atoms with E-state index in [1.807, 2.05) is 13.8 Å². The van der Waals surface area contributed by atoms with E-state index in [1.165, 1.54) is 12.1 Å². The minimum atomic E-state index is -4.68. The maximum atomic E-state index is 13.7. The van der Waals surface area contributed by atoms with E-state index < -0.39 is 23.6 Å². The number of benzene rings is 1. The van der Waals surface area contributed by atoms with E-state index >= 15 is 0 Å². The number of hydrogen-bond acceptors (Lipinski definition) is 1. The zero-order chi connectivity index (χ0) is 13.2. The number of alkyl halides is 3. The third-order valence-corrected chi connectivity index (χ3v) is 2.46. The smallest absolute Gasteiger partial charge is 0.324 e. The van der Waals surface area contributed by atoms with Crippen LogP contribution in [0.2, 0.25) is 0 Å². The molecule has 0 saturated heterocycles. The number of halogens is 4. The highest BCUT2D eigenvalue weighted by molar-refractivity contribution is 5.30. The molecule has 17 heavy (non-hydrogen) atoms. The summed E-state index contributed by atoms with van der Waals surface area (Å²) in [7, 11) is 0. The van der Waals surface area contributed by atoms with Gasteiger partial charge >= 0.3 is 6.18 Å². The molecule has 96 valence electrons. The van der Waals surface area contributed by atoms with Gasteiger partial charge in [-0.3, -0.25) is 0 Å². The molecule has 0 amide bonds. The zero-order valence-electron chi connectivity index (χ0n) is 9.68. The second-order valence-corrected chi connectivity index (χ2v) is 4.44. The van der Waals surface area contributed by atoms with E-state index in [-0.39, 0.29) is 11.5 Å². The van der Waals surface area contributed by atoms with Crippen LogP contribution < -0.4 is 5.73 Å². The fourth-order valence-corrected chi connectivity index (χ4v) is 1.69. The number of rotatable bonds is 3. The monoisotopic (exact) mass is 249 g/mol. The third kappa shape index (κ3) is 3.43. The average Bonchev–Trinajstić information content (AvgIpc) is 2.14. The van der Waals surface area contributed by atoms with Crippen LogP contribution in [0.1, 0.15) is 37.4 Å². The lowest BCUT2D eigenvalue weighted by atomic mass is 9.96. The molecule has 0 spiro atoms. The lowest BCUT2D eigenvalue weighted by Gasteiger charge is -2.17. The normalized spacial score (nSPS) is 14.1. The van der Waals surface area contributed by atoms with Crippen LogP contribution in [0.3, 0.4) is 0 Å². The topological polar surface area (TPSA) is 26.0 Å². The Morgan fingerprint density at radius 3 is 2.29 bits per heavy atom. The lowest BCUT2D eigenvalue weighted by Crippen LogP contribution is -2.17. The van der Waals surface area contributed by atoms with Gasteiger partial charge in [0.15, 0.2) is 0 Å². The van der Waals surface area contributed by atoms with Gasteiger partial charge in [0.2, 0.25) is 0 Å². The molecule has 0 fully saturated rings. The summed E-state index contributed by atoms with van der Waals surface area (Å²) >= 11 is 0. The highest BCUT2D eigenvalue weighted by atomic mass is 19.4. The van der Waals surface area contributed by atoms with Gasteiger partial charge in [-0.25, -0.2) is 4.39 Å². The van der Waals surface area contributed by atoms with Crippen molar-refractivity contribution < 1.29 is 17.6 Å². The molecule has 1 aromatic rings. The quantitative estimate of drug-likeness (QED) is 0.808. The fourth-order valence-electron chi connectivity index (χ4n) is 1.69. The Labute approximate surface area is 97.6 Å². The summed E-state index contributed by atoms with van der Waals surface area (Å²) < 4.78 is 51.1. The minimum absolute atomic E-state index is 0.0754.